The van der Waals surface area contributed by atoms with Crippen LogP contribution in [0.3, 0.4) is 0 Å². The second-order valence-electron chi connectivity index (χ2n) is 11.2. The molecule has 2 atom stereocenters. The highest BCUT2D eigenvalue weighted by molar-refractivity contribution is 5.48. The van der Waals surface area contributed by atoms with Crippen molar-refractivity contribution in [2.75, 3.05) is 33.9 Å². The number of methoxy groups -OCH3 is 2. The third-order valence-electron chi connectivity index (χ3n) is 8.75. The topological polar surface area (TPSA) is 89.2 Å². The average molecular weight is 533 g/mol. The molecule has 3 aliphatic heterocycles. The molecule has 206 valence electrons. The van der Waals surface area contributed by atoms with Gasteiger partial charge in [-0.3, -0.25) is 19.4 Å². The van der Waals surface area contributed by atoms with Crippen LogP contribution in [0.25, 0.3) is 0 Å². The van der Waals surface area contributed by atoms with Crippen molar-refractivity contribution in [3.05, 3.63) is 85.2 Å². The Morgan fingerprint density at radius 2 is 1.72 bits per heavy atom. The van der Waals surface area contributed by atoms with E-state index in [9.17, 15) is 14.7 Å². The summed E-state index contributed by atoms with van der Waals surface area (Å²) in [7, 11) is 5.22. The lowest BCUT2D eigenvalue weighted by Crippen LogP contribution is -2.47. The van der Waals surface area contributed by atoms with Gasteiger partial charge in [-0.15, -0.1) is 0 Å². The van der Waals surface area contributed by atoms with Gasteiger partial charge in [0.05, 0.1) is 19.9 Å². The fraction of sp³-hybridized carbons (Fsp3) is 0.467. The van der Waals surface area contributed by atoms with Gasteiger partial charge < -0.3 is 23.7 Å². The summed E-state index contributed by atoms with van der Waals surface area (Å²) in [5.41, 5.74) is 4.78. The van der Waals surface area contributed by atoms with E-state index in [2.05, 4.69) is 15.9 Å². The molecule has 1 aromatic carbocycles. The molecule has 1 saturated heterocycles. The van der Waals surface area contributed by atoms with Gasteiger partial charge in [-0.25, -0.2) is 0 Å². The Bertz CT molecular complexity index is 1530. The number of ether oxygens (including phenoxy) is 2. The SMILES string of the molecule is COc1cc2c(cc1OC)CN(Cc1c(O)c(=O)cc(CN3C[C@@H]4C[C@H](C3)c3cccc(=O)n3C4)n1C)CC2. The highest BCUT2D eigenvalue weighted by Gasteiger charge is 2.34. The number of hydrogen-bond donors (Lipinski definition) is 1. The van der Waals surface area contributed by atoms with Crippen LogP contribution in [-0.2, 0) is 39.6 Å². The molecule has 0 spiro atoms. The van der Waals surface area contributed by atoms with E-state index in [0.717, 1.165) is 56.2 Å². The number of hydrogen-bond acceptors (Lipinski definition) is 7. The fourth-order valence-electron chi connectivity index (χ4n) is 6.77. The first-order valence-electron chi connectivity index (χ1n) is 13.6. The van der Waals surface area contributed by atoms with E-state index < -0.39 is 0 Å². The van der Waals surface area contributed by atoms with Gasteiger partial charge in [-0.05, 0) is 48.1 Å². The van der Waals surface area contributed by atoms with Gasteiger partial charge in [0.15, 0.2) is 17.2 Å². The second kappa shape index (κ2) is 10.2. The van der Waals surface area contributed by atoms with Crippen molar-refractivity contribution in [2.24, 2.45) is 13.0 Å². The third-order valence-corrected chi connectivity index (χ3v) is 8.75. The minimum absolute atomic E-state index is 0.0825. The van der Waals surface area contributed by atoms with E-state index in [-0.39, 0.29) is 16.7 Å². The largest absolute Gasteiger partial charge is 0.503 e. The molecule has 6 rings (SSSR count). The van der Waals surface area contributed by atoms with Crippen molar-refractivity contribution in [2.45, 2.75) is 44.9 Å². The minimum atomic E-state index is -0.337. The first-order valence-corrected chi connectivity index (χ1v) is 13.6. The first kappa shape index (κ1) is 25.7. The van der Waals surface area contributed by atoms with E-state index in [4.69, 9.17) is 9.47 Å². The van der Waals surface area contributed by atoms with Gasteiger partial charge in [0.2, 0.25) is 5.43 Å². The Labute approximate surface area is 227 Å². The van der Waals surface area contributed by atoms with E-state index in [0.29, 0.717) is 42.9 Å². The highest BCUT2D eigenvalue weighted by atomic mass is 16.5. The summed E-state index contributed by atoms with van der Waals surface area (Å²) in [5, 5.41) is 10.8. The van der Waals surface area contributed by atoms with Gasteiger partial charge in [-0.1, -0.05) is 6.07 Å². The summed E-state index contributed by atoms with van der Waals surface area (Å²) in [6, 6.07) is 11.2. The number of nitrogens with zero attached hydrogens (tertiary/aromatic N) is 4. The zero-order valence-corrected chi connectivity index (χ0v) is 22.9. The monoisotopic (exact) mass is 532 g/mol. The molecule has 0 saturated carbocycles. The van der Waals surface area contributed by atoms with Crippen molar-refractivity contribution in [3.63, 3.8) is 0 Å². The van der Waals surface area contributed by atoms with E-state index in [1.54, 1.807) is 26.4 Å². The number of fused-ring (bicyclic) bond motifs is 5. The van der Waals surface area contributed by atoms with Crippen molar-refractivity contribution in [1.82, 2.24) is 18.9 Å². The minimum Gasteiger partial charge on any atom is -0.503 e. The van der Waals surface area contributed by atoms with Crippen molar-refractivity contribution >= 4 is 0 Å². The highest BCUT2D eigenvalue weighted by Crippen LogP contribution is 2.36. The molecule has 9 heteroatoms. The molecule has 0 aliphatic carbocycles. The van der Waals surface area contributed by atoms with Crippen LogP contribution in [0.15, 0.2) is 46.0 Å². The molecule has 1 N–H and O–H groups in total. The molecule has 39 heavy (non-hydrogen) atoms. The standard InChI is InChI=1S/C30H36N4O5/c1-31-23(17-33-13-19-9-22(16-33)24-5-4-6-29(36)34(24)14-19)12-26(35)30(37)25(31)18-32-8-7-20-10-27(38-2)28(39-3)11-21(20)15-32/h4-6,10-12,19,22,37H,7-9,13-18H2,1-3H3/t19-,22+/m0/s1. The molecular formula is C30H36N4O5. The summed E-state index contributed by atoms with van der Waals surface area (Å²) in [6.07, 6.45) is 1.94. The lowest BCUT2D eigenvalue weighted by Gasteiger charge is -2.43. The Balaban J connectivity index is 1.22. The number of rotatable bonds is 6. The predicted octanol–water partition coefficient (Wildman–Crippen LogP) is 2.45. The molecule has 1 fully saturated rings. The summed E-state index contributed by atoms with van der Waals surface area (Å²) in [5.74, 6) is 1.98. The normalized spacial score (nSPS) is 20.8. The second-order valence-corrected chi connectivity index (χ2v) is 11.2. The van der Waals surface area contributed by atoms with Crippen molar-refractivity contribution < 1.29 is 14.6 Å². The average Bonchev–Trinajstić information content (AvgIpc) is 2.93. The Hall–Kier alpha value is -3.56. The Kier molecular flexibility index (Phi) is 6.72. The molecule has 9 nitrogen and oxygen atoms in total. The molecule has 0 unspecified atom stereocenters. The summed E-state index contributed by atoms with van der Waals surface area (Å²) < 4.78 is 14.9. The molecule has 2 aromatic heterocycles. The lowest BCUT2D eigenvalue weighted by molar-refractivity contribution is 0.112. The van der Waals surface area contributed by atoms with Crippen LogP contribution in [0, 0.1) is 5.92 Å². The van der Waals surface area contributed by atoms with Gasteiger partial charge in [0.25, 0.3) is 5.56 Å². The summed E-state index contributed by atoms with van der Waals surface area (Å²) in [6.45, 7) is 5.09. The number of likely N-dealkylation sites (tertiary alicyclic amines) is 1. The zero-order valence-electron chi connectivity index (χ0n) is 22.9. The van der Waals surface area contributed by atoms with Crippen LogP contribution >= 0.6 is 0 Å². The Morgan fingerprint density at radius 3 is 2.49 bits per heavy atom. The molecule has 3 aromatic rings. The van der Waals surface area contributed by atoms with Crippen LogP contribution in [0.1, 0.15) is 40.5 Å². The van der Waals surface area contributed by atoms with E-state index >= 15 is 0 Å². The van der Waals surface area contributed by atoms with Gasteiger partial charge in [-0.2, -0.15) is 0 Å². The molecule has 2 bridgehead atoms. The third kappa shape index (κ3) is 4.74. The smallest absolute Gasteiger partial charge is 0.250 e. The summed E-state index contributed by atoms with van der Waals surface area (Å²) >= 11 is 0. The van der Waals surface area contributed by atoms with Crippen LogP contribution in [0.2, 0.25) is 0 Å². The number of piperidine rings is 1. The first-order chi connectivity index (χ1) is 18.8. The van der Waals surface area contributed by atoms with E-state index in [1.165, 1.54) is 11.1 Å². The molecule has 3 aliphatic rings. The van der Waals surface area contributed by atoms with Gasteiger partial charge >= 0.3 is 0 Å². The van der Waals surface area contributed by atoms with Gasteiger partial charge in [0.1, 0.15) is 0 Å². The van der Waals surface area contributed by atoms with Crippen LogP contribution in [0.5, 0.6) is 17.2 Å². The number of benzene rings is 1. The number of aromatic hydroxyl groups is 1. The van der Waals surface area contributed by atoms with Crippen LogP contribution in [-0.4, -0.2) is 57.9 Å². The maximum atomic E-state index is 12.9. The predicted molar refractivity (Wildman–Crippen MR) is 148 cm³/mol. The molecule has 5 heterocycles. The van der Waals surface area contributed by atoms with Crippen molar-refractivity contribution in [3.8, 4) is 17.2 Å². The zero-order chi connectivity index (χ0) is 27.3. The van der Waals surface area contributed by atoms with E-state index in [1.807, 2.05) is 34.4 Å². The lowest BCUT2D eigenvalue weighted by atomic mass is 9.83. The Morgan fingerprint density at radius 1 is 0.949 bits per heavy atom. The number of aromatic nitrogens is 2. The summed E-state index contributed by atoms with van der Waals surface area (Å²) in [4.78, 5) is 29.9. The van der Waals surface area contributed by atoms with Crippen LogP contribution in [0.4, 0.5) is 0 Å². The molecule has 0 radical (unpaired) electrons. The molecular weight excluding hydrogens is 496 g/mol. The maximum Gasteiger partial charge on any atom is 0.250 e. The van der Waals surface area contributed by atoms with Gasteiger partial charge in [0, 0.05) is 82.3 Å². The fourth-order valence-corrected chi connectivity index (χ4v) is 6.77. The van der Waals surface area contributed by atoms with Crippen molar-refractivity contribution in [1.29, 1.82) is 0 Å². The maximum absolute atomic E-state index is 12.9. The molecule has 0 amide bonds. The van der Waals surface area contributed by atoms with Crippen LogP contribution < -0.4 is 20.5 Å². The quantitative estimate of drug-likeness (QED) is 0.522. The number of pyridine rings is 2.